The van der Waals surface area contributed by atoms with Gasteiger partial charge in [-0.2, -0.15) is 0 Å². The Balaban J connectivity index is 1.33. The number of para-hydroxylation sites is 1. The molecule has 0 spiro atoms. The van der Waals surface area contributed by atoms with Gasteiger partial charge in [0.2, 0.25) is 0 Å². The van der Waals surface area contributed by atoms with Gasteiger partial charge in [0.15, 0.2) is 23.0 Å². The number of anilines is 1. The van der Waals surface area contributed by atoms with Crippen LogP contribution in [0.4, 0.5) is 10.5 Å². The number of carbonyl (C=O) groups is 3. The number of halogens is 1. The van der Waals surface area contributed by atoms with E-state index in [0.717, 1.165) is 16.0 Å². The Morgan fingerprint density at radius 3 is 2.12 bits per heavy atom. The van der Waals surface area contributed by atoms with E-state index in [1.165, 1.54) is 13.2 Å². The third-order valence-electron chi connectivity index (χ3n) is 6.53. The molecular formula is C33H27BrN2O7. The predicted molar refractivity (Wildman–Crippen MR) is 164 cm³/mol. The Labute approximate surface area is 256 Å². The molecule has 0 atom stereocenters. The van der Waals surface area contributed by atoms with Gasteiger partial charge >= 0.3 is 6.03 Å². The van der Waals surface area contributed by atoms with Gasteiger partial charge in [0.1, 0.15) is 18.8 Å². The first-order chi connectivity index (χ1) is 20.9. The minimum absolute atomic E-state index is 0.194. The number of carbonyl (C=O) groups excluding carboxylic acids is 3. The number of benzene rings is 4. The summed E-state index contributed by atoms with van der Waals surface area (Å²) < 4.78 is 23.7. The fourth-order valence-electron chi connectivity index (χ4n) is 4.41. The van der Waals surface area contributed by atoms with Crippen molar-refractivity contribution in [1.29, 1.82) is 0 Å². The predicted octanol–water partition coefficient (Wildman–Crippen LogP) is 6.29. The van der Waals surface area contributed by atoms with Gasteiger partial charge in [-0.05, 0) is 75.1 Å². The topological polar surface area (TPSA) is 103 Å². The number of methoxy groups -OCH3 is 2. The summed E-state index contributed by atoms with van der Waals surface area (Å²) in [4.78, 5) is 39.2. The molecule has 0 saturated carbocycles. The molecule has 1 fully saturated rings. The standard InChI is InChI=1S/C33H27BrN2O7/c1-40-28-17-22(13-14-27(28)42-19-21-9-5-3-6-10-21)20-43-30-26(34)16-23(18-29(30)41-2)15-25-31(37)35-33(39)36(32(25)38)24-11-7-4-8-12-24/h3-18H,19-20H2,1-2H3,(H,35,37,39)/b25-15-. The van der Waals surface area contributed by atoms with Crippen LogP contribution in [0.3, 0.4) is 0 Å². The summed E-state index contributed by atoms with van der Waals surface area (Å²) in [6.45, 7) is 0.604. The van der Waals surface area contributed by atoms with Gasteiger partial charge in [0, 0.05) is 0 Å². The first-order valence-electron chi connectivity index (χ1n) is 13.2. The lowest BCUT2D eigenvalue weighted by Crippen LogP contribution is -2.54. The maximum atomic E-state index is 13.2. The van der Waals surface area contributed by atoms with Gasteiger partial charge in [-0.15, -0.1) is 0 Å². The van der Waals surface area contributed by atoms with Crippen molar-refractivity contribution in [2.24, 2.45) is 0 Å². The zero-order valence-corrected chi connectivity index (χ0v) is 24.9. The van der Waals surface area contributed by atoms with E-state index >= 15 is 0 Å². The van der Waals surface area contributed by atoms with Crippen LogP contribution in [0.1, 0.15) is 16.7 Å². The molecule has 4 aromatic carbocycles. The lowest BCUT2D eigenvalue weighted by molar-refractivity contribution is -0.122. The maximum absolute atomic E-state index is 13.2. The smallest absolute Gasteiger partial charge is 0.335 e. The van der Waals surface area contributed by atoms with Crippen molar-refractivity contribution in [3.63, 3.8) is 0 Å². The quantitative estimate of drug-likeness (QED) is 0.160. The van der Waals surface area contributed by atoms with Crippen molar-refractivity contribution in [3.05, 3.63) is 118 Å². The van der Waals surface area contributed by atoms with Gasteiger partial charge in [0.25, 0.3) is 11.8 Å². The summed E-state index contributed by atoms with van der Waals surface area (Å²) in [7, 11) is 3.07. The van der Waals surface area contributed by atoms with E-state index in [4.69, 9.17) is 18.9 Å². The van der Waals surface area contributed by atoms with Crippen LogP contribution in [-0.4, -0.2) is 32.1 Å². The van der Waals surface area contributed by atoms with Crippen molar-refractivity contribution in [3.8, 4) is 23.0 Å². The van der Waals surface area contributed by atoms with E-state index in [-0.39, 0.29) is 12.2 Å². The SMILES string of the molecule is COc1cc(COc2c(Br)cc(/C=C3/C(=O)NC(=O)N(c4ccccc4)C3=O)cc2OC)ccc1OCc1ccccc1. The fraction of sp³-hybridized carbons (Fsp3) is 0.121. The molecule has 9 nitrogen and oxygen atoms in total. The Hall–Kier alpha value is -5.09. The molecule has 4 aromatic rings. The van der Waals surface area contributed by atoms with Crippen molar-refractivity contribution < 1.29 is 33.3 Å². The zero-order valence-electron chi connectivity index (χ0n) is 23.3. The molecule has 0 unspecified atom stereocenters. The minimum Gasteiger partial charge on any atom is -0.493 e. The number of nitrogens with one attached hydrogen (secondary N) is 1. The van der Waals surface area contributed by atoms with Crippen LogP contribution in [0.2, 0.25) is 0 Å². The van der Waals surface area contributed by atoms with Crippen LogP contribution in [0.25, 0.3) is 6.08 Å². The lowest BCUT2D eigenvalue weighted by Gasteiger charge is -2.26. The molecule has 1 N–H and O–H groups in total. The molecule has 1 aliphatic heterocycles. The number of nitrogens with zero attached hydrogens (tertiary/aromatic N) is 1. The second-order valence-corrected chi connectivity index (χ2v) is 10.2. The second kappa shape index (κ2) is 13.3. The number of urea groups is 1. The fourth-order valence-corrected chi connectivity index (χ4v) is 4.98. The largest absolute Gasteiger partial charge is 0.493 e. The number of rotatable bonds is 10. The number of hydrogen-bond acceptors (Lipinski definition) is 7. The van der Waals surface area contributed by atoms with Gasteiger partial charge in [-0.3, -0.25) is 14.9 Å². The van der Waals surface area contributed by atoms with E-state index in [1.807, 2.05) is 48.5 Å². The van der Waals surface area contributed by atoms with Crippen molar-refractivity contribution >= 4 is 45.5 Å². The van der Waals surface area contributed by atoms with Crippen LogP contribution >= 0.6 is 15.9 Å². The molecule has 0 radical (unpaired) electrons. The van der Waals surface area contributed by atoms with Crippen molar-refractivity contribution in [1.82, 2.24) is 5.32 Å². The number of ether oxygens (including phenoxy) is 4. The average Bonchev–Trinajstić information content (AvgIpc) is 3.02. The van der Waals surface area contributed by atoms with E-state index in [0.29, 0.717) is 45.3 Å². The van der Waals surface area contributed by atoms with Crippen LogP contribution < -0.4 is 29.2 Å². The molecule has 1 saturated heterocycles. The molecule has 1 aliphatic rings. The summed E-state index contributed by atoms with van der Waals surface area (Å²) in [5.41, 5.74) is 2.51. The highest BCUT2D eigenvalue weighted by Crippen LogP contribution is 2.38. The van der Waals surface area contributed by atoms with E-state index in [2.05, 4.69) is 21.2 Å². The Morgan fingerprint density at radius 2 is 1.42 bits per heavy atom. The highest BCUT2D eigenvalue weighted by atomic mass is 79.9. The molecule has 0 aliphatic carbocycles. The third kappa shape index (κ3) is 6.70. The summed E-state index contributed by atoms with van der Waals surface area (Å²) in [6, 6.07) is 26.3. The minimum atomic E-state index is -0.812. The molecule has 4 amide bonds. The molecule has 218 valence electrons. The van der Waals surface area contributed by atoms with Gasteiger partial charge in [-0.25, -0.2) is 9.69 Å². The van der Waals surface area contributed by atoms with Crippen LogP contribution in [0.5, 0.6) is 23.0 Å². The highest BCUT2D eigenvalue weighted by molar-refractivity contribution is 9.10. The van der Waals surface area contributed by atoms with Crippen molar-refractivity contribution in [2.45, 2.75) is 13.2 Å². The van der Waals surface area contributed by atoms with Gasteiger partial charge in [0.05, 0.1) is 24.4 Å². The number of barbiturate groups is 1. The van der Waals surface area contributed by atoms with Crippen LogP contribution in [0, 0.1) is 0 Å². The summed E-state index contributed by atoms with van der Waals surface area (Å²) in [5.74, 6) is 0.455. The van der Waals surface area contributed by atoms with Crippen LogP contribution in [0.15, 0.2) is 101 Å². The Morgan fingerprint density at radius 1 is 0.744 bits per heavy atom. The first kappa shape index (κ1) is 29.4. The first-order valence-corrected chi connectivity index (χ1v) is 14.0. The average molecular weight is 643 g/mol. The van der Waals surface area contributed by atoms with E-state index in [1.54, 1.807) is 49.6 Å². The zero-order chi connectivity index (χ0) is 30.3. The Kier molecular flexibility index (Phi) is 9.07. The van der Waals surface area contributed by atoms with Gasteiger partial charge in [-0.1, -0.05) is 54.6 Å². The van der Waals surface area contributed by atoms with E-state index < -0.39 is 17.8 Å². The molecule has 43 heavy (non-hydrogen) atoms. The molecule has 0 bridgehead atoms. The molecule has 10 heteroatoms. The van der Waals surface area contributed by atoms with Crippen molar-refractivity contribution in [2.75, 3.05) is 19.1 Å². The van der Waals surface area contributed by atoms with Gasteiger partial charge < -0.3 is 18.9 Å². The normalized spacial score (nSPS) is 14.0. The third-order valence-corrected chi connectivity index (χ3v) is 7.12. The monoisotopic (exact) mass is 642 g/mol. The van der Waals surface area contributed by atoms with Crippen LogP contribution in [-0.2, 0) is 22.8 Å². The highest BCUT2D eigenvalue weighted by Gasteiger charge is 2.36. The molecule has 0 aromatic heterocycles. The molecule has 5 rings (SSSR count). The number of hydrogen-bond donors (Lipinski definition) is 1. The second-order valence-electron chi connectivity index (χ2n) is 9.38. The Bertz CT molecular complexity index is 1690. The number of amides is 4. The lowest BCUT2D eigenvalue weighted by atomic mass is 10.1. The summed E-state index contributed by atoms with van der Waals surface area (Å²) in [6.07, 6.45) is 1.40. The molecule has 1 heterocycles. The van der Waals surface area contributed by atoms with E-state index in [9.17, 15) is 14.4 Å². The molecular weight excluding hydrogens is 616 g/mol. The summed E-state index contributed by atoms with van der Waals surface area (Å²) in [5, 5.41) is 2.22. The number of imide groups is 2. The maximum Gasteiger partial charge on any atom is 0.335 e. The summed E-state index contributed by atoms with van der Waals surface area (Å²) >= 11 is 3.52.